The number of aromatic nitrogens is 1. The van der Waals surface area contributed by atoms with E-state index < -0.39 is 0 Å². The molecule has 0 aliphatic carbocycles. The van der Waals surface area contributed by atoms with E-state index in [1.54, 1.807) is 28.4 Å². The summed E-state index contributed by atoms with van der Waals surface area (Å²) >= 11 is 1.55. The normalized spacial score (nSPS) is 11.3. The van der Waals surface area contributed by atoms with Crippen molar-refractivity contribution in [3.63, 3.8) is 0 Å². The van der Waals surface area contributed by atoms with Crippen molar-refractivity contribution in [2.45, 2.75) is 13.3 Å². The van der Waals surface area contributed by atoms with Gasteiger partial charge in [-0.05, 0) is 30.7 Å². The molecule has 2 aromatic heterocycles. The maximum absolute atomic E-state index is 12.8. The fraction of sp³-hybridized carbons (Fsp3) is 0.333. The number of furan rings is 1. The number of thiazole rings is 1. The molecule has 3 aromatic rings. The molecule has 0 spiro atoms. The molecule has 24 heavy (non-hydrogen) atoms. The number of quaternary nitrogens is 1. The van der Waals surface area contributed by atoms with Gasteiger partial charge in [0.2, 0.25) is 0 Å². The number of nitrogens with zero attached hydrogens (tertiary/aromatic N) is 2. The van der Waals surface area contributed by atoms with Crippen molar-refractivity contribution < 1.29 is 14.1 Å². The lowest BCUT2D eigenvalue weighted by molar-refractivity contribution is -0.858. The second kappa shape index (κ2) is 7.15. The molecule has 1 aromatic carbocycles. The Morgan fingerprint density at radius 1 is 1.29 bits per heavy atom. The highest BCUT2D eigenvalue weighted by Crippen LogP contribution is 2.31. The average molecular weight is 344 g/mol. The summed E-state index contributed by atoms with van der Waals surface area (Å²) in [5.74, 6) is 0.216. The average Bonchev–Trinajstić information content (AvgIpc) is 3.20. The monoisotopic (exact) mass is 344 g/mol. The van der Waals surface area contributed by atoms with Gasteiger partial charge in [0.1, 0.15) is 0 Å². The summed E-state index contributed by atoms with van der Waals surface area (Å²) in [6.07, 6.45) is 2.43. The third-order valence-corrected chi connectivity index (χ3v) is 4.92. The summed E-state index contributed by atoms with van der Waals surface area (Å²) in [5.41, 5.74) is 2.09. The molecule has 0 bridgehead atoms. The number of anilines is 1. The minimum atomic E-state index is -0.134. The fourth-order valence-electron chi connectivity index (χ4n) is 2.60. The molecule has 3 rings (SSSR count). The predicted octanol–water partition coefficient (Wildman–Crippen LogP) is 2.38. The van der Waals surface area contributed by atoms with Crippen molar-refractivity contribution in [3.8, 4) is 0 Å². The summed E-state index contributed by atoms with van der Waals surface area (Å²) < 4.78 is 6.40. The SMILES string of the molecule is Cc1cccc2sc(N(CCC[NH+](C)C)C(=O)c3ccco3)nc12. The van der Waals surface area contributed by atoms with Crippen LogP contribution in [0.15, 0.2) is 41.0 Å². The molecule has 0 aliphatic rings. The van der Waals surface area contributed by atoms with Gasteiger partial charge in [-0.1, -0.05) is 23.5 Å². The van der Waals surface area contributed by atoms with E-state index in [-0.39, 0.29) is 5.91 Å². The van der Waals surface area contributed by atoms with Gasteiger partial charge in [0, 0.05) is 13.0 Å². The van der Waals surface area contributed by atoms with Gasteiger partial charge in [-0.2, -0.15) is 0 Å². The van der Waals surface area contributed by atoms with Crippen molar-refractivity contribution in [2.24, 2.45) is 0 Å². The number of rotatable bonds is 6. The molecule has 0 unspecified atom stereocenters. The highest BCUT2D eigenvalue weighted by Gasteiger charge is 2.23. The van der Waals surface area contributed by atoms with Gasteiger partial charge in [0.15, 0.2) is 10.9 Å². The maximum atomic E-state index is 12.8. The quantitative estimate of drug-likeness (QED) is 0.747. The van der Waals surface area contributed by atoms with E-state index in [1.165, 1.54) is 11.2 Å². The lowest BCUT2D eigenvalue weighted by atomic mass is 10.2. The highest BCUT2D eigenvalue weighted by molar-refractivity contribution is 7.22. The van der Waals surface area contributed by atoms with E-state index in [9.17, 15) is 4.79 Å². The minimum Gasteiger partial charge on any atom is -0.459 e. The molecule has 0 radical (unpaired) electrons. The Kier molecular flexibility index (Phi) is 4.97. The van der Waals surface area contributed by atoms with E-state index in [0.717, 1.165) is 33.9 Å². The Morgan fingerprint density at radius 2 is 2.12 bits per heavy atom. The first kappa shape index (κ1) is 16.7. The van der Waals surface area contributed by atoms with Gasteiger partial charge in [-0.25, -0.2) is 4.98 Å². The van der Waals surface area contributed by atoms with Gasteiger partial charge in [-0.15, -0.1) is 0 Å². The number of benzene rings is 1. The van der Waals surface area contributed by atoms with Crippen LogP contribution in [0, 0.1) is 6.92 Å². The zero-order valence-electron chi connectivity index (χ0n) is 14.2. The summed E-state index contributed by atoms with van der Waals surface area (Å²) in [4.78, 5) is 20.7. The Hall–Kier alpha value is -2.18. The van der Waals surface area contributed by atoms with Crippen LogP contribution in [0.1, 0.15) is 22.5 Å². The van der Waals surface area contributed by atoms with Crippen LogP contribution >= 0.6 is 11.3 Å². The number of hydrogen-bond donors (Lipinski definition) is 1. The summed E-state index contributed by atoms with van der Waals surface area (Å²) in [6.45, 7) is 3.66. The van der Waals surface area contributed by atoms with Crippen LogP contribution in [0.5, 0.6) is 0 Å². The summed E-state index contributed by atoms with van der Waals surface area (Å²) in [5, 5.41) is 0.731. The zero-order chi connectivity index (χ0) is 17.1. The molecule has 5 nitrogen and oxygen atoms in total. The Morgan fingerprint density at radius 3 is 2.79 bits per heavy atom. The summed E-state index contributed by atoms with van der Waals surface area (Å²) in [7, 11) is 4.22. The van der Waals surface area contributed by atoms with Crippen molar-refractivity contribution in [3.05, 3.63) is 47.9 Å². The molecule has 0 atom stereocenters. The number of carbonyl (C=O) groups excluding carboxylic acids is 1. The van der Waals surface area contributed by atoms with Crippen LogP contribution in [0.4, 0.5) is 5.13 Å². The third kappa shape index (κ3) is 3.49. The molecular weight excluding hydrogens is 322 g/mol. The smallest absolute Gasteiger partial charge is 0.295 e. The molecule has 2 heterocycles. The Labute approximate surface area is 145 Å². The first-order valence-electron chi connectivity index (χ1n) is 8.07. The van der Waals surface area contributed by atoms with Crippen LogP contribution in [0.2, 0.25) is 0 Å². The summed E-state index contributed by atoms with van der Waals surface area (Å²) in [6, 6.07) is 9.54. The van der Waals surface area contributed by atoms with Gasteiger partial charge in [-0.3, -0.25) is 9.69 Å². The molecule has 1 N–H and O–H groups in total. The number of para-hydroxylation sites is 1. The molecule has 0 saturated carbocycles. The molecule has 126 valence electrons. The standard InChI is InChI=1S/C18H21N3O2S/c1-13-7-4-9-15-16(13)19-18(24-15)21(11-6-10-20(2)3)17(22)14-8-5-12-23-14/h4-5,7-9,12H,6,10-11H2,1-3H3/p+1. The molecule has 0 aliphatic heterocycles. The van der Waals surface area contributed by atoms with E-state index in [4.69, 9.17) is 9.40 Å². The molecule has 6 heteroatoms. The predicted molar refractivity (Wildman–Crippen MR) is 97.0 cm³/mol. The van der Waals surface area contributed by atoms with E-state index in [2.05, 4.69) is 14.1 Å². The van der Waals surface area contributed by atoms with E-state index in [0.29, 0.717) is 12.3 Å². The lowest BCUT2D eigenvalue weighted by Gasteiger charge is -2.19. The molecular formula is C18H22N3O2S+. The zero-order valence-corrected chi connectivity index (χ0v) is 15.0. The number of hydrogen-bond acceptors (Lipinski definition) is 4. The van der Waals surface area contributed by atoms with Crippen LogP contribution < -0.4 is 9.80 Å². The van der Waals surface area contributed by atoms with Crippen molar-refractivity contribution in [1.82, 2.24) is 4.98 Å². The second-order valence-corrected chi connectivity index (χ2v) is 7.17. The minimum absolute atomic E-state index is 0.134. The topological polar surface area (TPSA) is 50.8 Å². The lowest BCUT2D eigenvalue weighted by Crippen LogP contribution is -3.05. The number of amides is 1. The van der Waals surface area contributed by atoms with Crippen molar-refractivity contribution >= 4 is 32.6 Å². The van der Waals surface area contributed by atoms with Crippen LogP contribution in [-0.2, 0) is 0 Å². The number of carbonyl (C=O) groups is 1. The van der Waals surface area contributed by atoms with Crippen LogP contribution in [0.25, 0.3) is 10.2 Å². The number of fused-ring (bicyclic) bond motifs is 1. The van der Waals surface area contributed by atoms with Crippen molar-refractivity contribution in [2.75, 3.05) is 32.1 Å². The number of nitrogens with one attached hydrogen (secondary N) is 1. The Balaban J connectivity index is 1.92. The highest BCUT2D eigenvalue weighted by atomic mass is 32.1. The van der Waals surface area contributed by atoms with Gasteiger partial charge >= 0.3 is 0 Å². The van der Waals surface area contributed by atoms with E-state index >= 15 is 0 Å². The molecule has 1 amide bonds. The maximum Gasteiger partial charge on any atom is 0.295 e. The second-order valence-electron chi connectivity index (χ2n) is 6.16. The molecule has 0 fully saturated rings. The first-order chi connectivity index (χ1) is 11.6. The number of aryl methyl sites for hydroxylation is 1. The molecule has 0 saturated heterocycles. The van der Waals surface area contributed by atoms with Gasteiger partial charge in [0.25, 0.3) is 5.91 Å². The van der Waals surface area contributed by atoms with Crippen LogP contribution in [-0.4, -0.2) is 38.1 Å². The van der Waals surface area contributed by atoms with Gasteiger partial charge in [0.05, 0.1) is 37.1 Å². The first-order valence-corrected chi connectivity index (χ1v) is 8.88. The van der Waals surface area contributed by atoms with Crippen LogP contribution in [0.3, 0.4) is 0 Å². The Bertz CT molecular complexity index is 824. The van der Waals surface area contributed by atoms with Crippen molar-refractivity contribution in [1.29, 1.82) is 0 Å². The van der Waals surface area contributed by atoms with Gasteiger partial charge < -0.3 is 9.32 Å². The van der Waals surface area contributed by atoms with E-state index in [1.807, 2.05) is 25.1 Å². The fourth-order valence-corrected chi connectivity index (χ4v) is 3.67. The third-order valence-electron chi connectivity index (χ3n) is 3.88. The largest absolute Gasteiger partial charge is 0.459 e.